The third-order valence-electron chi connectivity index (χ3n) is 3.24. The Labute approximate surface area is 152 Å². The van der Waals surface area contributed by atoms with Crippen molar-refractivity contribution in [3.05, 3.63) is 52.3 Å². The van der Waals surface area contributed by atoms with E-state index in [2.05, 4.69) is 10.3 Å². The number of aryl methyl sites for hydroxylation is 1. The number of halogens is 3. The van der Waals surface area contributed by atoms with Crippen molar-refractivity contribution in [1.29, 1.82) is 0 Å². The molecule has 1 amide bonds. The minimum Gasteiger partial charge on any atom is -0.394 e. The first-order valence-corrected chi connectivity index (χ1v) is 7.79. The molecule has 1 aromatic heterocycles. The molecule has 0 aliphatic rings. The van der Waals surface area contributed by atoms with E-state index in [1.807, 2.05) is 5.48 Å². The monoisotopic (exact) mass is 387 g/mol. The zero-order valence-corrected chi connectivity index (χ0v) is 14.3. The highest BCUT2D eigenvalue weighted by atomic mass is 35.5. The molecule has 0 spiro atoms. The summed E-state index contributed by atoms with van der Waals surface area (Å²) in [5, 5.41) is 19.8. The van der Waals surface area contributed by atoms with Gasteiger partial charge in [-0.1, -0.05) is 11.6 Å². The maximum Gasteiger partial charge on any atom is 0.277 e. The predicted octanol–water partition coefficient (Wildman–Crippen LogP) is 2.08. The number of carbonyl (C=O) groups is 1. The molecule has 0 fully saturated rings. The SMILES string of the molecule is Cc1ccc(Nc2c(C(=O)NOC[C@H](O)CO)cc(Cl)c(F)c2F)cn1. The summed E-state index contributed by atoms with van der Waals surface area (Å²) in [5.74, 6) is -3.60. The Morgan fingerprint density at radius 2 is 2.12 bits per heavy atom. The molecule has 2 rings (SSSR count). The topological polar surface area (TPSA) is 104 Å². The van der Waals surface area contributed by atoms with E-state index >= 15 is 0 Å². The van der Waals surface area contributed by atoms with E-state index in [9.17, 15) is 13.6 Å². The summed E-state index contributed by atoms with van der Waals surface area (Å²) in [6.07, 6.45) is 0.178. The number of rotatable bonds is 7. The lowest BCUT2D eigenvalue weighted by atomic mass is 10.1. The molecule has 0 aliphatic carbocycles. The first kappa shape index (κ1) is 20.0. The van der Waals surface area contributed by atoms with Crippen LogP contribution in [0.25, 0.3) is 0 Å². The van der Waals surface area contributed by atoms with Crippen molar-refractivity contribution in [1.82, 2.24) is 10.5 Å². The zero-order valence-electron chi connectivity index (χ0n) is 13.6. The van der Waals surface area contributed by atoms with Crippen LogP contribution >= 0.6 is 11.6 Å². The number of anilines is 2. The molecule has 0 saturated carbocycles. The van der Waals surface area contributed by atoms with Gasteiger partial charge in [0.1, 0.15) is 12.7 Å². The fourth-order valence-corrected chi connectivity index (χ4v) is 2.09. The lowest BCUT2D eigenvalue weighted by Gasteiger charge is -2.15. The van der Waals surface area contributed by atoms with Gasteiger partial charge < -0.3 is 15.5 Å². The van der Waals surface area contributed by atoms with Gasteiger partial charge in [0.25, 0.3) is 5.91 Å². The van der Waals surface area contributed by atoms with Crippen molar-refractivity contribution in [3.8, 4) is 0 Å². The second-order valence-corrected chi connectivity index (χ2v) is 5.71. The van der Waals surface area contributed by atoms with Crippen LogP contribution in [0.1, 0.15) is 16.1 Å². The molecule has 4 N–H and O–H groups in total. The quantitative estimate of drug-likeness (QED) is 0.428. The number of aliphatic hydroxyl groups is 2. The van der Waals surface area contributed by atoms with Gasteiger partial charge >= 0.3 is 0 Å². The summed E-state index contributed by atoms with van der Waals surface area (Å²) in [4.78, 5) is 21.0. The van der Waals surface area contributed by atoms with Crippen molar-refractivity contribution < 1.29 is 28.6 Å². The molecule has 2 aromatic rings. The smallest absolute Gasteiger partial charge is 0.277 e. The molecule has 0 saturated heterocycles. The fourth-order valence-electron chi connectivity index (χ4n) is 1.89. The number of carbonyl (C=O) groups excluding carboxylic acids is 1. The van der Waals surface area contributed by atoms with Gasteiger partial charge in [-0.3, -0.25) is 14.6 Å². The van der Waals surface area contributed by atoms with Crippen LogP contribution in [0, 0.1) is 18.6 Å². The number of hydrogen-bond acceptors (Lipinski definition) is 6. The maximum atomic E-state index is 14.3. The molecule has 10 heteroatoms. The van der Waals surface area contributed by atoms with Crippen LogP contribution in [-0.2, 0) is 4.84 Å². The van der Waals surface area contributed by atoms with Crippen LogP contribution in [-0.4, -0.2) is 40.4 Å². The third kappa shape index (κ3) is 4.85. The van der Waals surface area contributed by atoms with E-state index in [0.29, 0.717) is 11.4 Å². The van der Waals surface area contributed by atoms with E-state index in [0.717, 1.165) is 6.07 Å². The number of aliphatic hydroxyl groups excluding tert-OH is 2. The Balaban J connectivity index is 2.29. The summed E-state index contributed by atoms with van der Waals surface area (Å²) < 4.78 is 28.1. The summed E-state index contributed by atoms with van der Waals surface area (Å²) in [6.45, 7) is 0.785. The molecule has 0 aliphatic heterocycles. The average molecular weight is 388 g/mol. The fraction of sp³-hybridized carbons (Fsp3) is 0.250. The highest BCUT2D eigenvalue weighted by Crippen LogP contribution is 2.31. The molecule has 0 bridgehead atoms. The van der Waals surface area contributed by atoms with E-state index < -0.39 is 47.6 Å². The van der Waals surface area contributed by atoms with Gasteiger partial charge in [0, 0.05) is 5.69 Å². The van der Waals surface area contributed by atoms with Crippen molar-refractivity contribution >= 4 is 28.9 Å². The highest BCUT2D eigenvalue weighted by molar-refractivity contribution is 6.31. The Hall–Kier alpha value is -2.33. The average Bonchev–Trinajstić information content (AvgIpc) is 2.63. The number of aromatic nitrogens is 1. The first-order chi connectivity index (χ1) is 12.3. The van der Waals surface area contributed by atoms with Crippen molar-refractivity contribution in [2.24, 2.45) is 0 Å². The van der Waals surface area contributed by atoms with Crippen molar-refractivity contribution in [2.75, 3.05) is 18.5 Å². The molecule has 0 unspecified atom stereocenters. The third-order valence-corrected chi connectivity index (χ3v) is 3.51. The zero-order chi connectivity index (χ0) is 19.3. The Kier molecular flexibility index (Phi) is 6.81. The normalized spacial score (nSPS) is 11.9. The van der Waals surface area contributed by atoms with Gasteiger partial charge in [0.05, 0.1) is 34.8 Å². The van der Waals surface area contributed by atoms with Gasteiger partial charge in [0.2, 0.25) is 0 Å². The molecule has 0 radical (unpaired) electrons. The minimum absolute atomic E-state index is 0.321. The summed E-state index contributed by atoms with van der Waals surface area (Å²) in [6, 6.07) is 4.15. The van der Waals surface area contributed by atoms with Crippen LogP contribution in [0.3, 0.4) is 0 Å². The lowest BCUT2D eigenvalue weighted by molar-refractivity contribution is -0.0295. The van der Waals surface area contributed by atoms with Crippen molar-refractivity contribution in [3.63, 3.8) is 0 Å². The number of nitrogens with one attached hydrogen (secondary N) is 2. The van der Waals surface area contributed by atoms with Crippen LogP contribution in [0.2, 0.25) is 5.02 Å². The van der Waals surface area contributed by atoms with Crippen LogP contribution < -0.4 is 10.8 Å². The summed E-state index contributed by atoms with van der Waals surface area (Å²) >= 11 is 5.62. The number of hydrogen-bond donors (Lipinski definition) is 4. The van der Waals surface area contributed by atoms with Crippen LogP contribution in [0.5, 0.6) is 0 Å². The molecular weight excluding hydrogens is 372 g/mol. The Morgan fingerprint density at radius 1 is 1.38 bits per heavy atom. The number of hydroxylamine groups is 1. The molecule has 1 atom stereocenters. The summed E-state index contributed by atoms with van der Waals surface area (Å²) in [7, 11) is 0. The van der Waals surface area contributed by atoms with E-state index in [4.69, 9.17) is 26.7 Å². The van der Waals surface area contributed by atoms with E-state index in [1.54, 1.807) is 19.1 Å². The minimum atomic E-state index is -1.35. The van der Waals surface area contributed by atoms with Crippen molar-refractivity contribution in [2.45, 2.75) is 13.0 Å². The molecule has 140 valence electrons. The molecule has 7 nitrogen and oxygen atoms in total. The molecular formula is C16H16ClF2N3O4. The highest BCUT2D eigenvalue weighted by Gasteiger charge is 2.22. The van der Waals surface area contributed by atoms with E-state index in [1.165, 1.54) is 6.20 Å². The molecule has 26 heavy (non-hydrogen) atoms. The van der Waals surface area contributed by atoms with Gasteiger partial charge in [-0.2, -0.15) is 0 Å². The Bertz CT molecular complexity index is 790. The number of amides is 1. The van der Waals surface area contributed by atoms with Gasteiger partial charge in [-0.05, 0) is 25.1 Å². The van der Waals surface area contributed by atoms with Crippen LogP contribution in [0.4, 0.5) is 20.2 Å². The predicted molar refractivity (Wildman–Crippen MR) is 90.1 cm³/mol. The van der Waals surface area contributed by atoms with Gasteiger partial charge in [-0.15, -0.1) is 0 Å². The Morgan fingerprint density at radius 3 is 2.73 bits per heavy atom. The largest absolute Gasteiger partial charge is 0.394 e. The number of benzene rings is 1. The standard InChI is InChI=1S/C16H16ClF2N3O4/c1-8-2-3-9(5-20-8)21-15-11(4-12(17)13(18)14(15)19)16(25)22-26-7-10(24)6-23/h2-5,10,21,23-24H,6-7H2,1H3,(H,22,25)/t10-/m1/s1. The van der Waals surface area contributed by atoms with Crippen LogP contribution in [0.15, 0.2) is 24.4 Å². The molecule has 1 heterocycles. The lowest BCUT2D eigenvalue weighted by Crippen LogP contribution is -2.30. The van der Waals surface area contributed by atoms with Gasteiger partial charge in [0.15, 0.2) is 11.6 Å². The number of nitrogens with zero attached hydrogens (tertiary/aromatic N) is 1. The number of pyridine rings is 1. The second kappa shape index (κ2) is 8.86. The maximum absolute atomic E-state index is 14.3. The summed E-state index contributed by atoms with van der Waals surface area (Å²) in [5.41, 5.74) is 2.21. The van der Waals surface area contributed by atoms with Gasteiger partial charge in [-0.25, -0.2) is 14.3 Å². The molecule has 1 aromatic carbocycles. The van der Waals surface area contributed by atoms with E-state index in [-0.39, 0.29) is 5.56 Å². The first-order valence-electron chi connectivity index (χ1n) is 7.41. The second-order valence-electron chi connectivity index (χ2n) is 5.30.